The molecule has 0 saturated carbocycles. The predicted octanol–water partition coefficient (Wildman–Crippen LogP) is 1.03. The number of nitrogens with two attached hydrogens (primary N) is 1. The Labute approximate surface area is 98.5 Å². The second kappa shape index (κ2) is 5.55. The lowest BCUT2D eigenvalue weighted by Crippen LogP contribution is -2.20. The van der Waals surface area contributed by atoms with Crippen LogP contribution in [0.4, 0.5) is 5.69 Å². The quantitative estimate of drug-likeness (QED) is 0.600. The molecule has 0 bridgehead atoms. The summed E-state index contributed by atoms with van der Waals surface area (Å²) in [5.74, 6) is 0.478. The van der Waals surface area contributed by atoms with Crippen molar-refractivity contribution in [2.75, 3.05) is 11.5 Å². The van der Waals surface area contributed by atoms with Gasteiger partial charge in [0.2, 0.25) is 0 Å². The van der Waals surface area contributed by atoms with Crippen molar-refractivity contribution in [2.24, 2.45) is 0 Å². The number of rotatable bonds is 4. The number of anilines is 1. The highest BCUT2D eigenvalue weighted by Gasteiger charge is 2.21. The van der Waals surface area contributed by atoms with Crippen LogP contribution in [0.25, 0.3) is 0 Å². The molecule has 1 heterocycles. The number of aliphatic hydroxyl groups excluding tert-OH is 2. The number of aliphatic hydroxyl groups is 2. The van der Waals surface area contributed by atoms with E-state index in [1.807, 2.05) is 0 Å². The molecule has 0 spiro atoms. The van der Waals surface area contributed by atoms with Crippen LogP contribution in [-0.4, -0.2) is 27.1 Å². The summed E-state index contributed by atoms with van der Waals surface area (Å²) in [5, 5.41) is 19.7. The molecule has 0 aliphatic carbocycles. The molecule has 2 atom stereocenters. The van der Waals surface area contributed by atoms with Crippen molar-refractivity contribution in [3.05, 3.63) is 23.0 Å². The van der Waals surface area contributed by atoms with E-state index in [0.29, 0.717) is 17.2 Å². The van der Waals surface area contributed by atoms with Crippen LogP contribution in [0.2, 0.25) is 5.02 Å². The Bertz CT molecular complexity index is 338. The van der Waals surface area contributed by atoms with Crippen molar-refractivity contribution in [2.45, 2.75) is 18.6 Å². The average Bonchev–Trinajstić information content (AvgIpc) is 2.17. The van der Waals surface area contributed by atoms with Crippen molar-refractivity contribution >= 4 is 29.9 Å². The molecule has 0 saturated heterocycles. The van der Waals surface area contributed by atoms with Gasteiger partial charge >= 0.3 is 0 Å². The van der Waals surface area contributed by atoms with E-state index in [1.54, 1.807) is 0 Å². The third kappa shape index (κ3) is 3.24. The SMILES string of the molecule is Nc1cc(Cl)cnc1C(O)C(O)CCS. The Kier molecular flexibility index (Phi) is 4.66. The smallest absolute Gasteiger partial charge is 0.124 e. The van der Waals surface area contributed by atoms with Crippen LogP contribution in [0.1, 0.15) is 18.2 Å². The number of aromatic nitrogens is 1. The fourth-order valence-electron chi connectivity index (χ4n) is 1.19. The molecule has 4 nitrogen and oxygen atoms in total. The number of hydrogen-bond acceptors (Lipinski definition) is 5. The molecule has 0 aliphatic rings. The van der Waals surface area contributed by atoms with Crippen LogP contribution >= 0.6 is 24.2 Å². The van der Waals surface area contributed by atoms with E-state index >= 15 is 0 Å². The molecule has 4 N–H and O–H groups in total. The lowest BCUT2D eigenvalue weighted by molar-refractivity contribution is 0.0152. The lowest BCUT2D eigenvalue weighted by Gasteiger charge is -2.17. The van der Waals surface area contributed by atoms with E-state index in [1.165, 1.54) is 12.3 Å². The first-order chi connectivity index (χ1) is 7.06. The fraction of sp³-hybridized carbons (Fsp3) is 0.444. The Balaban J connectivity index is 2.86. The molecular weight excluding hydrogens is 236 g/mol. The van der Waals surface area contributed by atoms with E-state index in [2.05, 4.69) is 17.6 Å². The summed E-state index contributed by atoms with van der Waals surface area (Å²) in [4.78, 5) is 3.89. The molecule has 0 fully saturated rings. The minimum atomic E-state index is -1.10. The topological polar surface area (TPSA) is 79.4 Å². The number of pyridine rings is 1. The van der Waals surface area contributed by atoms with Crippen LogP contribution in [0.15, 0.2) is 12.3 Å². The maximum Gasteiger partial charge on any atom is 0.124 e. The summed E-state index contributed by atoms with van der Waals surface area (Å²) < 4.78 is 0. The number of thiol groups is 1. The van der Waals surface area contributed by atoms with Gasteiger partial charge in [-0.3, -0.25) is 4.98 Å². The van der Waals surface area contributed by atoms with Crippen molar-refractivity contribution < 1.29 is 10.2 Å². The minimum Gasteiger partial charge on any atom is -0.397 e. The van der Waals surface area contributed by atoms with E-state index < -0.39 is 12.2 Å². The molecule has 1 aromatic rings. The fourth-order valence-corrected chi connectivity index (χ4v) is 1.62. The molecule has 0 aliphatic heterocycles. The first-order valence-electron chi connectivity index (χ1n) is 4.44. The van der Waals surface area contributed by atoms with Gasteiger partial charge in [0.1, 0.15) is 6.10 Å². The van der Waals surface area contributed by atoms with E-state index in [-0.39, 0.29) is 11.4 Å². The van der Waals surface area contributed by atoms with Gasteiger partial charge in [-0.15, -0.1) is 0 Å². The third-order valence-corrected chi connectivity index (χ3v) is 2.45. The predicted molar refractivity (Wildman–Crippen MR) is 63.1 cm³/mol. The second-order valence-corrected chi connectivity index (χ2v) is 4.04. The zero-order valence-corrected chi connectivity index (χ0v) is 9.62. The highest BCUT2D eigenvalue weighted by molar-refractivity contribution is 7.80. The van der Waals surface area contributed by atoms with Gasteiger partial charge in [-0.25, -0.2) is 0 Å². The number of nitrogens with zero attached hydrogens (tertiary/aromatic N) is 1. The average molecular weight is 249 g/mol. The minimum absolute atomic E-state index is 0.244. The molecule has 0 amide bonds. The number of hydrogen-bond donors (Lipinski definition) is 4. The molecular formula is C9H13ClN2O2S. The largest absolute Gasteiger partial charge is 0.397 e. The first kappa shape index (κ1) is 12.6. The summed E-state index contributed by atoms with van der Waals surface area (Å²) >= 11 is 9.63. The molecule has 84 valence electrons. The van der Waals surface area contributed by atoms with E-state index in [4.69, 9.17) is 17.3 Å². The Morgan fingerprint density at radius 3 is 2.73 bits per heavy atom. The van der Waals surface area contributed by atoms with E-state index in [0.717, 1.165) is 0 Å². The molecule has 0 aromatic carbocycles. The molecule has 6 heteroatoms. The van der Waals surface area contributed by atoms with Crippen LogP contribution in [0.5, 0.6) is 0 Å². The highest BCUT2D eigenvalue weighted by atomic mass is 35.5. The Hall–Kier alpha value is -0.490. The molecule has 1 rings (SSSR count). The number of halogens is 1. The maximum absolute atomic E-state index is 9.72. The zero-order chi connectivity index (χ0) is 11.4. The van der Waals surface area contributed by atoms with Crippen LogP contribution < -0.4 is 5.73 Å². The highest BCUT2D eigenvalue weighted by Crippen LogP contribution is 2.24. The number of nitrogen functional groups attached to an aromatic ring is 1. The van der Waals surface area contributed by atoms with Gasteiger partial charge in [-0.2, -0.15) is 12.6 Å². The summed E-state index contributed by atoms with van der Waals surface area (Å²) in [7, 11) is 0. The van der Waals surface area contributed by atoms with Gasteiger partial charge in [0.15, 0.2) is 0 Å². The summed E-state index contributed by atoms with van der Waals surface area (Å²) in [6.45, 7) is 0. The van der Waals surface area contributed by atoms with Crippen molar-refractivity contribution in [1.82, 2.24) is 4.98 Å². The van der Waals surface area contributed by atoms with Gasteiger partial charge in [-0.05, 0) is 18.2 Å². The van der Waals surface area contributed by atoms with E-state index in [9.17, 15) is 10.2 Å². The Morgan fingerprint density at radius 1 is 1.53 bits per heavy atom. The van der Waals surface area contributed by atoms with Crippen molar-refractivity contribution in [3.63, 3.8) is 0 Å². The van der Waals surface area contributed by atoms with Crippen molar-refractivity contribution in [1.29, 1.82) is 0 Å². The van der Waals surface area contributed by atoms with Gasteiger partial charge in [0.05, 0.1) is 22.5 Å². The first-order valence-corrected chi connectivity index (χ1v) is 5.45. The van der Waals surface area contributed by atoms with Gasteiger partial charge in [0.25, 0.3) is 0 Å². The van der Waals surface area contributed by atoms with Crippen LogP contribution in [0, 0.1) is 0 Å². The van der Waals surface area contributed by atoms with Gasteiger partial charge in [-0.1, -0.05) is 11.6 Å². The molecule has 15 heavy (non-hydrogen) atoms. The van der Waals surface area contributed by atoms with Crippen LogP contribution in [-0.2, 0) is 0 Å². The van der Waals surface area contributed by atoms with Crippen LogP contribution in [0.3, 0.4) is 0 Å². The maximum atomic E-state index is 9.72. The lowest BCUT2D eigenvalue weighted by atomic mass is 10.1. The zero-order valence-electron chi connectivity index (χ0n) is 7.97. The van der Waals surface area contributed by atoms with Gasteiger partial charge < -0.3 is 15.9 Å². The van der Waals surface area contributed by atoms with Gasteiger partial charge in [0, 0.05) is 6.20 Å². The van der Waals surface area contributed by atoms with Crippen molar-refractivity contribution in [3.8, 4) is 0 Å². The third-order valence-electron chi connectivity index (χ3n) is 1.99. The molecule has 2 unspecified atom stereocenters. The summed E-state index contributed by atoms with van der Waals surface area (Å²) in [5.41, 5.74) is 6.13. The summed E-state index contributed by atoms with van der Waals surface area (Å²) in [6, 6.07) is 1.49. The second-order valence-electron chi connectivity index (χ2n) is 3.15. The molecule has 0 radical (unpaired) electrons. The monoisotopic (exact) mass is 248 g/mol. The normalized spacial score (nSPS) is 14.9. The summed E-state index contributed by atoms with van der Waals surface area (Å²) in [6.07, 6.45) is -0.273. The molecule has 1 aromatic heterocycles. The standard InChI is InChI=1S/C9H13ClN2O2S/c10-5-3-6(11)8(12-4-5)9(14)7(13)1-2-15/h3-4,7,9,13-15H,1-2,11H2. The Morgan fingerprint density at radius 2 is 2.20 bits per heavy atom.